The van der Waals surface area contributed by atoms with Gasteiger partial charge in [0.2, 0.25) is 0 Å². The smallest absolute Gasteiger partial charge is 0.306 e. The van der Waals surface area contributed by atoms with Crippen LogP contribution in [0.4, 0.5) is 0 Å². The molecule has 0 bridgehead atoms. The number of Topliss-reactive ketones (excluding diaryl/α,β-unsaturated/α-hetero) is 1. The summed E-state index contributed by atoms with van der Waals surface area (Å²) < 4.78 is 5.98. The summed E-state index contributed by atoms with van der Waals surface area (Å²) >= 11 is 0. The van der Waals surface area contributed by atoms with Crippen LogP contribution in [0.1, 0.15) is 130 Å². The van der Waals surface area contributed by atoms with Gasteiger partial charge in [0.25, 0.3) is 0 Å². The van der Waals surface area contributed by atoms with Gasteiger partial charge in [0, 0.05) is 18.3 Å². The summed E-state index contributed by atoms with van der Waals surface area (Å²) in [6, 6.07) is 0. The van der Waals surface area contributed by atoms with E-state index in [9.17, 15) is 9.59 Å². The average molecular weight is 445 g/mol. The molecule has 4 aliphatic carbocycles. The number of unbranched alkanes of at least 4 members (excludes halogenated alkanes) is 6. The average Bonchev–Trinajstić information content (AvgIpc) is 3.08. The van der Waals surface area contributed by atoms with Gasteiger partial charge in [0.15, 0.2) is 0 Å². The first-order valence-corrected chi connectivity index (χ1v) is 14.1. The molecule has 0 spiro atoms. The lowest BCUT2D eigenvalue weighted by atomic mass is 9.45. The number of ketones is 1. The zero-order chi connectivity index (χ0) is 22.8. The number of carbonyl (C=O) groups is 2. The van der Waals surface area contributed by atoms with Crippen molar-refractivity contribution in [2.24, 2.45) is 34.5 Å². The summed E-state index contributed by atoms with van der Waals surface area (Å²) in [6.45, 7) is 7.07. The fourth-order valence-corrected chi connectivity index (χ4v) is 8.57. The van der Waals surface area contributed by atoms with Crippen LogP contribution in [0.2, 0.25) is 0 Å². The van der Waals surface area contributed by atoms with Crippen molar-refractivity contribution in [3.8, 4) is 0 Å². The minimum absolute atomic E-state index is 0.0207. The first kappa shape index (κ1) is 24.3. The second-order valence-electron chi connectivity index (χ2n) is 12.3. The summed E-state index contributed by atoms with van der Waals surface area (Å²) in [5.74, 6) is 3.43. The van der Waals surface area contributed by atoms with E-state index in [0.717, 1.165) is 56.8 Å². The molecule has 0 heterocycles. The molecule has 3 heteroatoms. The van der Waals surface area contributed by atoms with Gasteiger partial charge >= 0.3 is 5.97 Å². The maximum atomic E-state index is 12.6. The molecule has 0 aliphatic heterocycles. The molecule has 7 atom stereocenters. The lowest BCUT2D eigenvalue weighted by Crippen LogP contribution is -2.54. The quantitative estimate of drug-likeness (QED) is 0.271. The van der Waals surface area contributed by atoms with Crippen LogP contribution in [0.15, 0.2) is 0 Å². The van der Waals surface area contributed by atoms with E-state index in [1.54, 1.807) is 0 Å². The van der Waals surface area contributed by atoms with E-state index in [4.69, 9.17) is 4.74 Å². The first-order chi connectivity index (χ1) is 15.4. The molecule has 0 aromatic rings. The van der Waals surface area contributed by atoms with Crippen molar-refractivity contribution in [2.75, 3.05) is 0 Å². The van der Waals surface area contributed by atoms with E-state index < -0.39 is 0 Å². The minimum atomic E-state index is -0.0207. The van der Waals surface area contributed by atoms with E-state index in [1.165, 1.54) is 57.8 Å². The molecule has 32 heavy (non-hydrogen) atoms. The Kier molecular flexibility index (Phi) is 7.72. The highest BCUT2D eigenvalue weighted by molar-refractivity contribution is 5.87. The van der Waals surface area contributed by atoms with Crippen molar-refractivity contribution in [3.63, 3.8) is 0 Å². The highest BCUT2D eigenvalue weighted by Crippen LogP contribution is 2.65. The number of fused-ring (bicyclic) bond motifs is 5. The maximum absolute atomic E-state index is 12.6. The van der Waals surface area contributed by atoms with E-state index in [2.05, 4.69) is 20.8 Å². The number of hydrogen-bond acceptors (Lipinski definition) is 3. The van der Waals surface area contributed by atoms with Gasteiger partial charge in [0.05, 0.1) is 0 Å². The van der Waals surface area contributed by atoms with Crippen molar-refractivity contribution in [3.05, 3.63) is 0 Å². The number of rotatable bonds is 9. The Balaban J connectivity index is 1.24. The van der Waals surface area contributed by atoms with Gasteiger partial charge in [-0.15, -0.1) is 0 Å². The third kappa shape index (κ3) is 4.69. The molecule has 3 nitrogen and oxygen atoms in total. The van der Waals surface area contributed by atoms with Crippen LogP contribution in [0.25, 0.3) is 0 Å². The number of esters is 1. The van der Waals surface area contributed by atoms with Gasteiger partial charge in [-0.2, -0.15) is 0 Å². The van der Waals surface area contributed by atoms with E-state index in [-0.39, 0.29) is 17.5 Å². The largest absolute Gasteiger partial charge is 0.462 e. The highest BCUT2D eigenvalue weighted by atomic mass is 16.5. The van der Waals surface area contributed by atoms with Crippen molar-refractivity contribution in [1.29, 1.82) is 0 Å². The molecule has 4 rings (SSSR count). The minimum Gasteiger partial charge on any atom is -0.462 e. The molecule has 182 valence electrons. The predicted molar refractivity (Wildman–Crippen MR) is 129 cm³/mol. The standard InChI is InChI=1S/C29H48O3/c1-4-5-6-7-8-9-10-11-27(31)32-22-16-18-28(2)21(20-22)12-13-23-24-14-15-26(30)29(24,3)19-17-25(23)28/h21-25H,4-20H2,1-3H3/t21-,22?,23?,24?,25?,28-,29-/m0/s1. The lowest BCUT2D eigenvalue weighted by Gasteiger charge is -2.60. The molecule has 0 amide bonds. The Labute approximate surface area is 196 Å². The molecule has 4 unspecified atom stereocenters. The molecular weight excluding hydrogens is 396 g/mol. The molecule has 0 aromatic carbocycles. The van der Waals surface area contributed by atoms with Crippen molar-refractivity contribution in [1.82, 2.24) is 0 Å². The zero-order valence-corrected chi connectivity index (χ0v) is 21.1. The number of hydrogen-bond donors (Lipinski definition) is 0. The molecule has 0 radical (unpaired) electrons. The molecule has 0 saturated heterocycles. The van der Waals surface area contributed by atoms with Crippen LogP contribution in [-0.2, 0) is 14.3 Å². The van der Waals surface area contributed by atoms with Crippen LogP contribution in [-0.4, -0.2) is 17.9 Å². The van der Waals surface area contributed by atoms with Crippen LogP contribution in [0.5, 0.6) is 0 Å². The predicted octanol–water partition coefficient (Wildman–Crippen LogP) is 7.65. The van der Waals surface area contributed by atoms with Gasteiger partial charge in [-0.1, -0.05) is 59.3 Å². The Bertz CT molecular complexity index is 671. The molecular formula is C29H48O3. The topological polar surface area (TPSA) is 43.4 Å². The lowest BCUT2D eigenvalue weighted by molar-refractivity contribution is -0.162. The van der Waals surface area contributed by atoms with E-state index >= 15 is 0 Å². The number of carbonyl (C=O) groups excluding carboxylic acids is 2. The Morgan fingerprint density at radius 3 is 2.44 bits per heavy atom. The third-order valence-electron chi connectivity index (χ3n) is 10.6. The molecule has 4 fully saturated rings. The van der Waals surface area contributed by atoms with Gasteiger partial charge in [-0.05, 0) is 86.9 Å². The van der Waals surface area contributed by atoms with Crippen LogP contribution in [0.3, 0.4) is 0 Å². The molecule has 0 N–H and O–H groups in total. The second-order valence-corrected chi connectivity index (χ2v) is 12.3. The molecule has 4 aliphatic rings. The monoisotopic (exact) mass is 444 g/mol. The fraction of sp³-hybridized carbons (Fsp3) is 0.931. The summed E-state index contributed by atoms with van der Waals surface area (Å²) in [5, 5.41) is 0. The Hall–Kier alpha value is -0.860. The van der Waals surface area contributed by atoms with Crippen LogP contribution in [0, 0.1) is 34.5 Å². The van der Waals surface area contributed by atoms with Gasteiger partial charge < -0.3 is 4.74 Å². The summed E-state index contributed by atoms with van der Waals surface area (Å²) in [4.78, 5) is 25.1. The third-order valence-corrected chi connectivity index (χ3v) is 10.6. The maximum Gasteiger partial charge on any atom is 0.306 e. The Morgan fingerprint density at radius 2 is 1.66 bits per heavy atom. The normalized spacial score (nSPS) is 41.0. The highest BCUT2D eigenvalue weighted by Gasteiger charge is 2.60. The summed E-state index contributed by atoms with van der Waals surface area (Å²) in [5.41, 5.74) is 0.365. The van der Waals surface area contributed by atoms with Gasteiger partial charge in [-0.25, -0.2) is 0 Å². The molecule has 0 aromatic heterocycles. The van der Waals surface area contributed by atoms with Crippen LogP contribution < -0.4 is 0 Å². The van der Waals surface area contributed by atoms with Gasteiger partial charge in [-0.3, -0.25) is 9.59 Å². The van der Waals surface area contributed by atoms with Crippen LogP contribution >= 0.6 is 0 Å². The van der Waals surface area contributed by atoms with Gasteiger partial charge in [0.1, 0.15) is 11.9 Å². The first-order valence-electron chi connectivity index (χ1n) is 14.1. The second kappa shape index (κ2) is 10.2. The van der Waals surface area contributed by atoms with E-state index in [0.29, 0.717) is 29.5 Å². The van der Waals surface area contributed by atoms with E-state index in [1.807, 2.05) is 0 Å². The summed E-state index contributed by atoms with van der Waals surface area (Å²) in [7, 11) is 0. The van der Waals surface area contributed by atoms with Crippen molar-refractivity contribution >= 4 is 11.8 Å². The number of ether oxygens (including phenoxy) is 1. The molecule has 4 saturated carbocycles. The van der Waals surface area contributed by atoms with Crippen molar-refractivity contribution in [2.45, 2.75) is 136 Å². The fourth-order valence-electron chi connectivity index (χ4n) is 8.57. The SMILES string of the molecule is CCCCCCCCCC(=O)OC1CC[C@]2(C)C3CC[C@]4(C)C(=O)CCC4C3CC[C@H]2C1. The zero-order valence-electron chi connectivity index (χ0n) is 21.1. The Morgan fingerprint density at radius 1 is 0.906 bits per heavy atom. The van der Waals surface area contributed by atoms with Crippen molar-refractivity contribution < 1.29 is 14.3 Å². The summed E-state index contributed by atoms with van der Waals surface area (Å²) in [6.07, 6.45) is 19.6.